The molecule has 0 amide bonds. The number of H-pyrrole nitrogens is 1. The summed E-state index contributed by atoms with van der Waals surface area (Å²) in [4.78, 5) is 14.6. The highest BCUT2D eigenvalue weighted by molar-refractivity contribution is 7.18. The second kappa shape index (κ2) is 2.94. The van der Waals surface area contributed by atoms with E-state index < -0.39 is 0 Å². The fourth-order valence-corrected chi connectivity index (χ4v) is 2.78. The number of pyridine rings is 1. The Labute approximate surface area is 90.2 Å². The number of aryl methyl sites for hydroxylation is 1. The van der Waals surface area contributed by atoms with E-state index in [1.165, 1.54) is 0 Å². The molecule has 0 fully saturated rings. The molecular weight excluding hydrogens is 206 g/mol. The van der Waals surface area contributed by atoms with Crippen molar-refractivity contribution >= 4 is 32.3 Å². The number of fused-ring (bicyclic) bond motifs is 3. The second-order valence-corrected chi connectivity index (χ2v) is 4.58. The average molecular weight is 215 g/mol. The molecule has 74 valence electrons. The minimum atomic E-state index is 0.00403. The summed E-state index contributed by atoms with van der Waals surface area (Å²) in [5, 5.41) is 3.88. The zero-order valence-electron chi connectivity index (χ0n) is 8.20. The maximum absolute atomic E-state index is 11.7. The third-order valence-corrected chi connectivity index (χ3v) is 3.53. The lowest BCUT2D eigenvalue weighted by Crippen LogP contribution is -2.04. The zero-order valence-corrected chi connectivity index (χ0v) is 9.02. The van der Waals surface area contributed by atoms with Crippen LogP contribution in [-0.2, 0) is 0 Å². The maximum atomic E-state index is 11.7. The van der Waals surface area contributed by atoms with Crippen molar-refractivity contribution in [3.8, 4) is 0 Å². The van der Waals surface area contributed by atoms with Crippen molar-refractivity contribution in [3.63, 3.8) is 0 Å². The van der Waals surface area contributed by atoms with Crippen molar-refractivity contribution in [2.24, 2.45) is 0 Å². The van der Waals surface area contributed by atoms with Gasteiger partial charge in [-0.1, -0.05) is 12.1 Å². The Bertz CT molecular complexity index is 708. The molecule has 0 bridgehead atoms. The third-order valence-electron chi connectivity index (χ3n) is 2.58. The van der Waals surface area contributed by atoms with Crippen LogP contribution in [0.4, 0.5) is 0 Å². The highest BCUT2D eigenvalue weighted by Crippen LogP contribution is 2.26. The Hall–Kier alpha value is -1.61. The molecule has 2 heterocycles. The minimum absolute atomic E-state index is 0.00403. The van der Waals surface area contributed by atoms with Gasteiger partial charge in [0.15, 0.2) is 0 Å². The van der Waals surface area contributed by atoms with Crippen LogP contribution in [0.25, 0.3) is 21.0 Å². The Kier molecular flexibility index (Phi) is 1.70. The molecule has 3 aromatic rings. The molecule has 0 spiro atoms. The van der Waals surface area contributed by atoms with E-state index in [9.17, 15) is 4.79 Å². The summed E-state index contributed by atoms with van der Waals surface area (Å²) in [5.41, 5.74) is 2.09. The Morgan fingerprint density at radius 2 is 2.07 bits per heavy atom. The lowest BCUT2D eigenvalue weighted by atomic mass is 10.1. The molecule has 3 rings (SSSR count). The summed E-state index contributed by atoms with van der Waals surface area (Å²) in [6.45, 7) is 2.02. The molecule has 3 heteroatoms. The summed E-state index contributed by atoms with van der Waals surface area (Å²) in [6, 6.07) is 8.02. The van der Waals surface area contributed by atoms with Crippen molar-refractivity contribution in [1.29, 1.82) is 0 Å². The number of thiophene rings is 1. The van der Waals surface area contributed by atoms with Gasteiger partial charge in [0, 0.05) is 15.6 Å². The first-order valence-electron chi connectivity index (χ1n) is 4.75. The van der Waals surface area contributed by atoms with E-state index in [1.54, 1.807) is 11.3 Å². The van der Waals surface area contributed by atoms with Crippen LogP contribution < -0.4 is 5.56 Å². The average Bonchev–Trinajstić information content (AvgIpc) is 2.66. The summed E-state index contributed by atoms with van der Waals surface area (Å²) in [7, 11) is 0. The monoisotopic (exact) mass is 215 g/mol. The number of hydrogen-bond donors (Lipinski definition) is 1. The van der Waals surface area contributed by atoms with Gasteiger partial charge in [-0.3, -0.25) is 4.79 Å². The van der Waals surface area contributed by atoms with Crippen molar-refractivity contribution < 1.29 is 0 Å². The molecule has 0 saturated heterocycles. The minimum Gasteiger partial charge on any atom is -0.321 e. The summed E-state index contributed by atoms with van der Waals surface area (Å²) in [5.74, 6) is 0. The van der Waals surface area contributed by atoms with Crippen LogP contribution in [0.5, 0.6) is 0 Å². The van der Waals surface area contributed by atoms with E-state index in [0.717, 1.165) is 26.6 Å². The Morgan fingerprint density at radius 3 is 2.93 bits per heavy atom. The smallest absolute Gasteiger partial charge is 0.257 e. The number of rotatable bonds is 0. The zero-order chi connectivity index (χ0) is 10.4. The Morgan fingerprint density at radius 1 is 1.20 bits per heavy atom. The summed E-state index contributed by atoms with van der Waals surface area (Å²) < 4.78 is 1.08. The van der Waals surface area contributed by atoms with Gasteiger partial charge in [-0.25, -0.2) is 0 Å². The number of aromatic nitrogens is 1. The van der Waals surface area contributed by atoms with E-state index >= 15 is 0 Å². The fraction of sp³-hybridized carbons (Fsp3) is 0.0833. The van der Waals surface area contributed by atoms with Gasteiger partial charge in [0.2, 0.25) is 0 Å². The summed E-state index contributed by atoms with van der Waals surface area (Å²) >= 11 is 1.62. The fourth-order valence-electron chi connectivity index (χ4n) is 1.85. The van der Waals surface area contributed by atoms with Gasteiger partial charge < -0.3 is 4.98 Å². The number of benzene rings is 1. The first-order valence-corrected chi connectivity index (χ1v) is 5.63. The van der Waals surface area contributed by atoms with Crippen LogP contribution >= 0.6 is 11.3 Å². The molecule has 0 atom stereocenters. The van der Waals surface area contributed by atoms with Crippen molar-refractivity contribution in [2.45, 2.75) is 6.92 Å². The Balaban J connectivity index is 2.66. The number of nitrogens with one attached hydrogen (secondary N) is 1. The molecule has 0 aliphatic carbocycles. The van der Waals surface area contributed by atoms with Crippen molar-refractivity contribution in [3.05, 3.63) is 45.6 Å². The molecule has 0 aliphatic rings. The molecule has 2 aromatic heterocycles. The molecule has 0 saturated carbocycles. The quantitative estimate of drug-likeness (QED) is 0.614. The lowest BCUT2D eigenvalue weighted by molar-refractivity contribution is 1.34. The predicted octanol–water partition coefficient (Wildman–Crippen LogP) is 3.05. The van der Waals surface area contributed by atoms with E-state index in [4.69, 9.17) is 0 Å². The van der Waals surface area contributed by atoms with Gasteiger partial charge in [-0.15, -0.1) is 11.3 Å². The molecule has 2 nitrogen and oxygen atoms in total. The second-order valence-electron chi connectivity index (χ2n) is 3.67. The molecule has 1 aromatic carbocycles. The maximum Gasteiger partial charge on any atom is 0.257 e. The predicted molar refractivity (Wildman–Crippen MR) is 64.7 cm³/mol. The van der Waals surface area contributed by atoms with Gasteiger partial charge >= 0.3 is 0 Å². The number of aromatic amines is 1. The van der Waals surface area contributed by atoms with Crippen molar-refractivity contribution in [2.75, 3.05) is 0 Å². The van der Waals surface area contributed by atoms with Crippen LogP contribution in [0.3, 0.4) is 0 Å². The molecule has 0 unspecified atom stereocenters. The highest BCUT2D eigenvalue weighted by Gasteiger charge is 2.05. The van der Waals surface area contributed by atoms with E-state index in [1.807, 2.05) is 24.4 Å². The van der Waals surface area contributed by atoms with E-state index in [0.29, 0.717) is 0 Å². The van der Waals surface area contributed by atoms with E-state index in [-0.39, 0.29) is 5.56 Å². The first-order chi connectivity index (χ1) is 7.25. The van der Waals surface area contributed by atoms with E-state index in [2.05, 4.69) is 17.1 Å². The molecular formula is C12H9NOS. The topological polar surface area (TPSA) is 32.9 Å². The SMILES string of the molecule is Cc1ccc2c(c1)[nH]c(=O)c1ccsc12. The largest absolute Gasteiger partial charge is 0.321 e. The normalized spacial score (nSPS) is 11.3. The molecule has 15 heavy (non-hydrogen) atoms. The van der Waals surface area contributed by atoms with Crippen LogP contribution in [0.1, 0.15) is 5.56 Å². The molecule has 0 aliphatic heterocycles. The van der Waals surface area contributed by atoms with Crippen LogP contribution in [0.2, 0.25) is 0 Å². The van der Waals surface area contributed by atoms with Gasteiger partial charge in [0.1, 0.15) is 0 Å². The summed E-state index contributed by atoms with van der Waals surface area (Å²) in [6.07, 6.45) is 0. The van der Waals surface area contributed by atoms with Crippen LogP contribution in [0, 0.1) is 6.92 Å². The number of hydrogen-bond acceptors (Lipinski definition) is 2. The third kappa shape index (κ3) is 1.20. The van der Waals surface area contributed by atoms with Gasteiger partial charge in [-0.2, -0.15) is 0 Å². The van der Waals surface area contributed by atoms with Gasteiger partial charge in [-0.05, 0) is 30.0 Å². The van der Waals surface area contributed by atoms with Crippen molar-refractivity contribution in [1.82, 2.24) is 4.98 Å². The van der Waals surface area contributed by atoms with Gasteiger partial charge in [0.25, 0.3) is 5.56 Å². The van der Waals surface area contributed by atoms with Gasteiger partial charge in [0.05, 0.1) is 5.39 Å². The molecule has 1 N–H and O–H groups in total. The first kappa shape index (κ1) is 8.68. The lowest BCUT2D eigenvalue weighted by Gasteiger charge is -2.00. The highest BCUT2D eigenvalue weighted by atomic mass is 32.1. The van der Waals surface area contributed by atoms with Crippen LogP contribution in [-0.4, -0.2) is 4.98 Å². The van der Waals surface area contributed by atoms with Crippen LogP contribution in [0.15, 0.2) is 34.4 Å². The standard InChI is InChI=1S/C12H9NOS/c1-7-2-3-8-10(6-7)13-12(14)9-4-5-15-11(8)9/h2-6H,1H3,(H,13,14). The molecule has 0 radical (unpaired) electrons.